The summed E-state index contributed by atoms with van der Waals surface area (Å²) in [5.74, 6) is -0.711. The number of aliphatic carboxylic acids is 1. The fraction of sp³-hybridized carbons (Fsp3) is 0.227. The second-order valence-electron chi connectivity index (χ2n) is 6.67. The van der Waals surface area contributed by atoms with Crippen LogP contribution in [0, 0.1) is 6.92 Å². The van der Waals surface area contributed by atoms with Crippen LogP contribution in [0.4, 0.5) is 0 Å². The van der Waals surface area contributed by atoms with Crippen molar-refractivity contribution in [3.63, 3.8) is 0 Å². The number of ether oxygens (including phenoxy) is 2. The number of thioether (sulfide) groups is 1. The summed E-state index contributed by atoms with van der Waals surface area (Å²) in [6, 6.07) is 12.2. The van der Waals surface area contributed by atoms with Crippen molar-refractivity contribution in [3.8, 4) is 11.5 Å². The molecule has 0 unspecified atom stereocenters. The van der Waals surface area contributed by atoms with Crippen molar-refractivity contribution in [2.75, 3.05) is 7.11 Å². The largest absolute Gasteiger partial charge is 0.548 e. The molecule has 1 saturated heterocycles. The van der Waals surface area contributed by atoms with Crippen molar-refractivity contribution in [1.82, 2.24) is 4.90 Å². The highest BCUT2D eigenvalue weighted by atomic mass is 32.2. The molecule has 156 valence electrons. The van der Waals surface area contributed by atoms with Crippen molar-refractivity contribution in [3.05, 3.63) is 64.1 Å². The molecule has 0 aromatic heterocycles. The van der Waals surface area contributed by atoms with E-state index in [-0.39, 0.29) is 4.32 Å². The molecule has 1 aliphatic heterocycles. The molecule has 1 amide bonds. The van der Waals surface area contributed by atoms with Crippen molar-refractivity contribution in [1.29, 1.82) is 0 Å². The van der Waals surface area contributed by atoms with Crippen LogP contribution >= 0.6 is 24.0 Å². The van der Waals surface area contributed by atoms with Crippen LogP contribution in [0.3, 0.4) is 0 Å². The lowest BCUT2D eigenvalue weighted by Crippen LogP contribution is -2.48. The summed E-state index contributed by atoms with van der Waals surface area (Å²) >= 11 is 6.21. The van der Waals surface area contributed by atoms with E-state index in [1.807, 2.05) is 31.2 Å². The summed E-state index contributed by atoms with van der Waals surface area (Å²) in [5.41, 5.74) is 2.92. The summed E-state index contributed by atoms with van der Waals surface area (Å²) in [4.78, 5) is 25.1. The van der Waals surface area contributed by atoms with Gasteiger partial charge < -0.3 is 19.4 Å². The van der Waals surface area contributed by atoms with E-state index in [2.05, 4.69) is 0 Å². The Morgan fingerprint density at radius 1 is 1.27 bits per heavy atom. The Morgan fingerprint density at radius 2 is 2.00 bits per heavy atom. The van der Waals surface area contributed by atoms with Gasteiger partial charge in [0.05, 0.1) is 24.0 Å². The van der Waals surface area contributed by atoms with E-state index in [4.69, 9.17) is 21.7 Å². The van der Waals surface area contributed by atoms with E-state index in [0.717, 1.165) is 27.8 Å². The van der Waals surface area contributed by atoms with Gasteiger partial charge in [-0.3, -0.25) is 9.69 Å². The first-order chi connectivity index (χ1) is 14.3. The van der Waals surface area contributed by atoms with Crippen LogP contribution in [0.15, 0.2) is 47.4 Å². The average molecular weight is 443 g/mol. The Morgan fingerprint density at radius 3 is 2.67 bits per heavy atom. The SMILES string of the molecule is COc1cc(/C=C2\SC(=S)N([C@@H](C)C(=O)[O-])C2=O)ccc1OCc1ccccc1C. The molecular weight excluding hydrogens is 422 g/mol. The molecule has 2 aromatic rings. The van der Waals surface area contributed by atoms with E-state index in [0.29, 0.717) is 28.6 Å². The van der Waals surface area contributed by atoms with Gasteiger partial charge in [0, 0.05) is 0 Å². The summed E-state index contributed by atoms with van der Waals surface area (Å²) in [7, 11) is 1.54. The normalized spacial score (nSPS) is 16.1. The minimum Gasteiger partial charge on any atom is -0.548 e. The Labute approximate surface area is 184 Å². The predicted octanol–water partition coefficient (Wildman–Crippen LogP) is 2.92. The molecule has 6 nitrogen and oxygen atoms in total. The maximum atomic E-state index is 12.6. The van der Waals surface area contributed by atoms with Gasteiger partial charge in [-0.1, -0.05) is 54.3 Å². The molecule has 1 aliphatic rings. The maximum Gasteiger partial charge on any atom is 0.266 e. The van der Waals surface area contributed by atoms with E-state index >= 15 is 0 Å². The number of carboxylic acid groups (broad SMARTS) is 1. The first-order valence-corrected chi connectivity index (χ1v) is 10.4. The van der Waals surface area contributed by atoms with Crippen LogP contribution in [0.5, 0.6) is 11.5 Å². The Bertz CT molecular complexity index is 1030. The molecule has 3 rings (SSSR count). The molecule has 1 atom stereocenters. The zero-order chi connectivity index (χ0) is 21.8. The number of nitrogens with zero attached hydrogens (tertiary/aromatic N) is 1. The highest BCUT2D eigenvalue weighted by Crippen LogP contribution is 2.35. The van der Waals surface area contributed by atoms with Gasteiger partial charge >= 0.3 is 0 Å². The molecule has 0 bridgehead atoms. The van der Waals surface area contributed by atoms with E-state index in [9.17, 15) is 14.7 Å². The summed E-state index contributed by atoms with van der Waals surface area (Å²) in [6.07, 6.45) is 1.65. The third kappa shape index (κ3) is 4.66. The highest BCUT2D eigenvalue weighted by Gasteiger charge is 2.35. The number of carbonyl (C=O) groups excluding carboxylic acids is 2. The number of aryl methyl sites for hydroxylation is 1. The third-order valence-corrected chi connectivity index (χ3v) is 6.01. The third-order valence-electron chi connectivity index (χ3n) is 4.68. The number of carbonyl (C=O) groups is 2. The summed E-state index contributed by atoms with van der Waals surface area (Å²) in [6.45, 7) is 3.80. The molecule has 0 saturated carbocycles. The lowest BCUT2D eigenvalue weighted by Gasteiger charge is -2.23. The molecule has 1 fully saturated rings. The van der Waals surface area contributed by atoms with Gasteiger partial charge in [-0.15, -0.1) is 0 Å². The Balaban J connectivity index is 1.79. The first kappa shape index (κ1) is 21.9. The molecule has 8 heteroatoms. The van der Waals surface area contributed by atoms with Crippen LogP contribution in [0.1, 0.15) is 23.6 Å². The monoisotopic (exact) mass is 442 g/mol. The fourth-order valence-corrected chi connectivity index (χ4v) is 4.31. The molecule has 0 spiro atoms. The minimum absolute atomic E-state index is 0.188. The van der Waals surface area contributed by atoms with Crippen LogP contribution < -0.4 is 14.6 Å². The van der Waals surface area contributed by atoms with Crippen LogP contribution in [-0.2, 0) is 16.2 Å². The first-order valence-electron chi connectivity index (χ1n) is 9.15. The van der Waals surface area contributed by atoms with Crippen LogP contribution in [0.2, 0.25) is 0 Å². The van der Waals surface area contributed by atoms with Gasteiger partial charge in [0.1, 0.15) is 10.9 Å². The zero-order valence-electron chi connectivity index (χ0n) is 16.7. The van der Waals surface area contributed by atoms with Crippen molar-refractivity contribution >= 4 is 46.3 Å². The number of carboxylic acids is 1. The maximum absolute atomic E-state index is 12.6. The van der Waals surface area contributed by atoms with Gasteiger partial charge in [-0.05, 0) is 48.7 Å². The molecule has 2 aromatic carbocycles. The quantitative estimate of drug-likeness (QED) is 0.482. The molecule has 0 aliphatic carbocycles. The van der Waals surface area contributed by atoms with Crippen molar-refractivity contribution in [2.24, 2.45) is 0 Å². The van der Waals surface area contributed by atoms with Gasteiger partial charge in [-0.2, -0.15) is 0 Å². The lowest BCUT2D eigenvalue weighted by atomic mass is 10.1. The molecule has 0 N–H and O–H groups in total. The summed E-state index contributed by atoms with van der Waals surface area (Å²) < 4.78 is 11.5. The van der Waals surface area contributed by atoms with E-state index in [1.165, 1.54) is 6.92 Å². The topological polar surface area (TPSA) is 78.9 Å². The van der Waals surface area contributed by atoms with Gasteiger partial charge in [0.2, 0.25) is 0 Å². The van der Waals surface area contributed by atoms with Gasteiger partial charge in [0.25, 0.3) is 5.91 Å². The van der Waals surface area contributed by atoms with E-state index < -0.39 is 17.9 Å². The van der Waals surface area contributed by atoms with E-state index in [1.54, 1.807) is 31.4 Å². The standard InChI is InChI=1S/C22H21NO5S2/c1-13-6-4-5-7-16(13)12-28-17-9-8-15(10-18(17)27-3)11-19-20(24)23(22(29)30-19)14(2)21(25)26/h4-11,14H,12H2,1-3H3,(H,25,26)/p-1/b19-11-/t14-/m0/s1. The van der Waals surface area contributed by atoms with Gasteiger partial charge in [-0.25, -0.2) is 0 Å². The van der Waals surface area contributed by atoms with Gasteiger partial charge in [0.15, 0.2) is 11.5 Å². The number of benzene rings is 2. The van der Waals surface area contributed by atoms with Crippen LogP contribution in [-0.4, -0.2) is 34.2 Å². The number of thiocarbonyl (C=S) groups is 1. The smallest absolute Gasteiger partial charge is 0.266 e. The Hall–Kier alpha value is -2.84. The lowest BCUT2D eigenvalue weighted by molar-refractivity contribution is -0.309. The average Bonchev–Trinajstić information content (AvgIpc) is 3.00. The predicted molar refractivity (Wildman–Crippen MR) is 118 cm³/mol. The van der Waals surface area contributed by atoms with Crippen molar-refractivity contribution in [2.45, 2.75) is 26.5 Å². The van der Waals surface area contributed by atoms with Crippen LogP contribution in [0.25, 0.3) is 6.08 Å². The number of methoxy groups -OCH3 is 1. The number of hydrogen-bond acceptors (Lipinski definition) is 7. The number of amides is 1. The second kappa shape index (κ2) is 9.32. The highest BCUT2D eigenvalue weighted by molar-refractivity contribution is 8.26. The Kier molecular flexibility index (Phi) is 6.79. The molecule has 0 radical (unpaired) electrons. The fourth-order valence-electron chi connectivity index (χ4n) is 2.89. The molecular formula is C22H20NO5S2-. The molecule has 30 heavy (non-hydrogen) atoms. The number of rotatable bonds is 7. The summed E-state index contributed by atoms with van der Waals surface area (Å²) in [5, 5.41) is 11.1. The number of hydrogen-bond donors (Lipinski definition) is 0. The minimum atomic E-state index is -1.36. The van der Waals surface area contributed by atoms with Crippen molar-refractivity contribution < 1.29 is 24.2 Å². The second-order valence-corrected chi connectivity index (χ2v) is 8.35. The molecule has 1 heterocycles. The zero-order valence-corrected chi connectivity index (χ0v) is 18.3.